The van der Waals surface area contributed by atoms with Crippen LogP contribution in [0.5, 0.6) is 0 Å². The molecule has 4 heteroatoms. The first-order valence-electron chi connectivity index (χ1n) is 13.3. The summed E-state index contributed by atoms with van der Waals surface area (Å²) in [5, 5.41) is 9.83. The summed E-state index contributed by atoms with van der Waals surface area (Å²) in [7, 11) is 0. The third kappa shape index (κ3) is 8.01. The second-order valence-corrected chi connectivity index (χ2v) is 12.0. The number of hydrogen-bond acceptors (Lipinski definition) is 3. The molecule has 0 atom stereocenters. The third-order valence-corrected chi connectivity index (χ3v) is 8.46. The lowest BCUT2D eigenvalue weighted by Gasteiger charge is -2.40. The van der Waals surface area contributed by atoms with Crippen molar-refractivity contribution in [3.8, 4) is 0 Å². The molecule has 1 N–H and O–H groups in total. The monoisotopic (exact) mass is 548 g/mol. The van der Waals surface area contributed by atoms with Crippen LogP contribution in [0.15, 0.2) is 89.4 Å². The van der Waals surface area contributed by atoms with E-state index in [0.717, 1.165) is 43.5 Å². The van der Waals surface area contributed by atoms with Gasteiger partial charge < -0.3 is 5.11 Å². The number of hydrogen-bond donors (Lipinski definition) is 1. The molecule has 2 heterocycles. The molecule has 36 heavy (non-hydrogen) atoms. The molecule has 0 saturated carbocycles. The number of piperidine rings is 2. The number of nitrogens with zero attached hydrogens (tertiary/aromatic N) is 2. The van der Waals surface area contributed by atoms with Crippen LogP contribution in [0.3, 0.4) is 0 Å². The summed E-state index contributed by atoms with van der Waals surface area (Å²) in [6.45, 7) is 10.8. The average molecular weight is 550 g/mol. The predicted molar refractivity (Wildman–Crippen MR) is 154 cm³/mol. The largest absolute Gasteiger partial charge is 0.390 e. The van der Waals surface area contributed by atoms with E-state index in [2.05, 4.69) is 112 Å². The van der Waals surface area contributed by atoms with Crippen LogP contribution in [0, 0.1) is 0 Å². The standard InChI is InChI=1S/C19H22BrN.C13H19NO/c1-19(17-7-9-18(20)10-8-17)11-13-21(14-12-19)15-16-5-3-2-4-6-16;1-13(15)7-9-14(10-8-13)11-12-5-3-2-4-6-12/h2-10H,11-15H2,1H3;2-6,15H,7-11H2,1H3. The van der Waals surface area contributed by atoms with Crippen LogP contribution in [0.25, 0.3) is 0 Å². The van der Waals surface area contributed by atoms with Crippen LogP contribution in [0.2, 0.25) is 0 Å². The van der Waals surface area contributed by atoms with Gasteiger partial charge in [0, 0.05) is 30.7 Å². The molecule has 2 fully saturated rings. The van der Waals surface area contributed by atoms with Gasteiger partial charge in [-0.1, -0.05) is 95.7 Å². The minimum atomic E-state index is -0.437. The maximum atomic E-state index is 9.83. The Labute approximate surface area is 226 Å². The lowest BCUT2D eigenvalue weighted by atomic mass is 9.74. The number of halogens is 1. The van der Waals surface area contributed by atoms with E-state index < -0.39 is 5.60 Å². The minimum Gasteiger partial charge on any atom is -0.390 e. The normalized spacial score (nSPS) is 19.8. The van der Waals surface area contributed by atoms with Gasteiger partial charge in [0.1, 0.15) is 0 Å². The molecule has 0 amide bonds. The van der Waals surface area contributed by atoms with E-state index in [1.54, 1.807) is 0 Å². The molecule has 3 aromatic carbocycles. The summed E-state index contributed by atoms with van der Waals surface area (Å²) in [5.74, 6) is 0. The van der Waals surface area contributed by atoms with Crippen LogP contribution in [0.4, 0.5) is 0 Å². The van der Waals surface area contributed by atoms with E-state index in [4.69, 9.17) is 0 Å². The highest BCUT2D eigenvalue weighted by molar-refractivity contribution is 9.10. The van der Waals surface area contributed by atoms with Crippen molar-refractivity contribution in [1.82, 2.24) is 9.80 Å². The number of rotatable bonds is 5. The molecule has 0 bridgehead atoms. The van der Waals surface area contributed by atoms with Crippen LogP contribution < -0.4 is 0 Å². The topological polar surface area (TPSA) is 26.7 Å². The van der Waals surface area contributed by atoms with Crippen molar-refractivity contribution in [2.24, 2.45) is 0 Å². The molecule has 2 aliphatic rings. The quantitative estimate of drug-likeness (QED) is 0.370. The molecular formula is C32H41BrN2O. The summed E-state index contributed by atoms with van der Waals surface area (Å²) in [4.78, 5) is 4.99. The summed E-state index contributed by atoms with van der Waals surface area (Å²) in [6, 6.07) is 30.2. The molecular weight excluding hydrogens is 508 g/mol. The molecule has 0 unspecified atom stereocenters. The van der Waals surface area contributed by atoms with Gasteiger partial charge >= 0.3 is 0 Å². The van der Waals surface area contributed by atoms with Crippen LogP contribution >= 0.6 is 15.9 Å². The number of aliphatic hydroxyl groups is 1. The van der Waals surface area contributed by atoms with Gasteiger partial charge in [0.15, 0.2) is 0 Å². The molecule has 0 aliphatic carbocycles. The van der Waals surface area contributed by atoms with Crippen molar-refractivity contribution in [2.75, 3.05) is 26.2 Å². The molecule has 0 spiro atoms. The van der Waals surface area contributed by atoms with Crippen molar-refractivity contribution in [3.05, 3.63) is 106 Å². The van der Waals surface area contributed by atoms with E-state index in [9.17, 15) is 5.11 Å². The summed E-state index contributed by atoms with van der Waals surface area (Å²) in [5.41, 5.74) is 4.15. The van der Waals surface area contributed by atoms with Crippen LogP contribution in [-0.2, 0) is 18.5 Å². The molecule has 2 aliphatic heterocycles. The Hall–Kier alpha value is -1.98. The zero-order valence-corrected chi connectivity index (χ0v) is 23.5. The van der Waals surface area contributed by atoms with Gasteiger partial charge in [-0.05, 0) is 79.9 Å². The van der Waals surface area contributed by atoms with Crippen molar-refractivity contribution >= 4 is 15.9 Å². The van der Waals surface area contributed by atoms with E-state index in [1.165, 1.54) is 42.6 Å². The van der Waals surface area contributed by atoms with Gasteiger partial charge in [0.05, 0.1) is 5.60 Å². The molecule has 3 aromatic rings. The summed E-state index contributed by atoms with van der Waals surface area (Å²) >= 11 is 3.53. The first-order chi connectivity index (χ1) is 17.3. The SMILES string of the molecule is CC1(O)CCN(Cc2ccccc2)CC1.CC1(c2ccc(Br)cc2)CCN(Cc2ccccc2)CC1. The van der Waals surface area contributed by atoms with Crippen LogP contribution in [-0.4, -0.2) is 46.7 Å². The van der Waals surface area contributed by atoms with E-state index in [1.807, 2.05) is 13.0 Å². The molecule has 0 aromatic heterocycles. The van der Waals surface area contributed by atoms with E-state index in [-0.39, 0.29) is 0 Å². The Morgan fingerprint density at radius 1 is 0.639 bits per heavy atom. The maximum absolute atomic E-state index is 9.83. The Balaban J connectivity index is 0.000000179. The second-order valence-electron chi connectivity index (χ2n) is 11.1. The van der Waals surface area contributed by atoms with E-state index in [0.29, 0.717) is 5.41 Å². The highest BCUT2D eigenvalue weighted by Gasteiger charge is 2.31. The second kappa shape index (κ2) is 12.5. The van der Waals surface area contributed by atoms with Gasteiger partial charge in [-0.15, -0.1) is 0 Å². The molecule has 5 rings (SSSR count). The van der Waals surface area contributed by atoms with Crippen molar-refractivity contribution in [2.45, 2.75) is 63.6 Å². The average Bonchev–Trinajstić information content (AvgIpc) is 2.89. The van der Waals surface area contributed by atoms with Crippen molar-refractivity contribution in [3.63, 3.8) is 0 Å². The van der Waals surface area contributed by atoms with Crippen molar-refractivity contribution in [1.29, 1.82) is 0 Å². The molecule has 2 saturated heterocycles. The summed E-state index contributed by atoms with van der Waals surface area (Å²) in [6.07, 6.45) is 4.25. The third-order valence-electron chi connectivity index (χ3n) is 7.93. The van der Waals surface area contributed by atoms with Gasteiger partial charge in [0.25, 0.3) is 0 Å². The lowest BCUT2D eigenvalue weighted by molar-refractivity contribution is -0.00730. The smallest absolute Gasteiger partial charge is 0.0644 e. The fourth-order valence-corrected chi connectivity index (χ4v) is 5.49. The Morgan fingerprint density at radius 3 is 1.50 bits per heavy atom. The Morgan fingerprint density at radius 2 is 1.06 bits per heavy atom. The Bertz CT molecular complexity index is 1030. The zero-order chi connectivity index (χ0) is 25.4. The highest BCUT2D eigenvalue weighted by atomic mass is 79.9. The van der Waals surface area contributed by atoms with Crippen LogP contribution in [0.1, 0.15) is 56.2 Å². The fraction of sp³-hybridized carbons (Fsp3) is 0.438. The van der Waals surface area contributed by atoms with Crippen molar-refractivity contribution < 1.29 is 5.11 Å². The van der Waals surface area contributed by atoms with Gasteiger partial charge in [0.2, 0.25) is 0 Å². The zero-order valence-electron chi connectivity index (χ0n) is 21.9. The predicted octanol–water partition coefficient (Wildman–Crippen LogP) is 7.04. The van der Waals surface area contributed by atoms with Gasteiger partial charge in [-0.25, -0.2) is 0 Å². The van der Waals surface area contributed by atoms with E-state index >= 15 is 0 Å². The Kier molecular flexibility index (Phi) is 9.41. The number of benzene rings is 3. The maximum Gasteiger partial charge on any atom is 0.0644 e. The lowest BCUT2D eigenvalue weighted by Crippen LogP contribution is -2.41. The first kappa shape index (κ1) is 27.1. The summed E-state index contributed by atoms with van der Waals surface area (Å²) < 4.78 is 1.16. The molecule has 3 nitrogen and oxygen atoms in total. The highest BCUT2D eigenvalue weighted by Crippen LogP contribution is 2.35. The first-order valence-corrected chi connectivity index (χ1v) is 14.1. The molecule has 192 valence electrons. The van der Waals surface area contributed by atoms with Gasteiger partial charge in [-0.3, -0.25) is 9.80 Å². The molecule has 0 radical (unpaired) electrons. The van der Waals surface area contributed by atoms with Gasteiger partial charge in [-0.2, -0.15) is 0 Å². The number of likely N-dealkylation sites (tertiary alicyclic amines) is 2. The minimum absolute atomic E-state index is 0.327. The fourth-order valence-electron chi connectivity index (χ4n) is 5.22.